The number of aromatic nitrogens is 2. The normalized spacial score (nSPS) is 12.5. The summed E-state index contributed by atoms with van der Waals surface area (Å²) in [5.74, 6) is 5.82. The molecule has 2 amide bonds. The maximum absolute atomic E-state index is 11.9. The fourth-order valence-corrected chi connectivity index (χ4v) is 3.03. The molecule has 3 aromatic rings. The molecule has 0 spiro atoms. The highest BCUT2D eigenvalue weighted by atomic mass is 16.5. The molecule has 0 fully saturated rings. The van der Waals surface area contributed by atoms with Crippen molar-refractivity contribution in [1.29, 1.82) is 0 Å². The molecule has 1 aromatic heterocycles. The first-order valence-corrected chi connectivity index (χ1v) is 9.62. The summed E-state index contributed by atoms with van der Waals surface area (Å²) in [5.41, 5.74) is 6.43. The Balaban J connectivity index is 1.98. The predicted octanol–water partition coefficient (Wildman–Crippen LogP) is 1.71. The summed E-state index contributed by atoms with van der Waals surface area (Å²) in [6.45, 7) is 2.00. The number of primary amides is 1. The van der Waals surface area contributed by atoms with Crippen molar-refractivity contribution < 1.29 is 19.4 Å². The molecular formula is C23H24N4O4. The van der Waals surface area contributed by atoms with E-state index in [0.717, 1.165) is 0 Å². The molecule has 0 aliphatic rings. The monoisotopic (exact) mass is 420 g/mol. The lowest BCUT2D eigenvalue weighted by atomic mass is 10.0. The largest absolute Gasteiger partial charge is 0.497 e. The Morgan fingerprint density at radius 1 is 1.35 bits per heavy atom. The highest BCUT2D eigenvalue weighted by Gasteiger charge is 2.18. The van der Waals surface area contributed by atoms with Crippen molar-refractivity contribution in [2.75, 3.05) is 20.7 Å². The summed E-state index contributed by atoms with van der Waals surface area (Å²) in [6, 6.07) is 12.5. The van der Waals surface area contributed by atoms with Crippen LogP contribution in [0.5, 0.6) is 5.75 Å². The van der Waals surface area contributed by atoms with Gasteiger partial charge in [-0.1, -0.05) is 17.9 Å². The quantitative estimate of drug-likeness (QED) is 0.447. The van der Waals surface area contributed by atoms with Gasteiger partial charge in [0.25, 0.3) is 5.91 Å². The van der Waals surface area contributed by atoms with E-state index in [2.05, 4.69) is 16.9 Å². The lowest BCUT2D eigenvalue weighted by Crippen LogP contribution is -2.29. The number of methoxy groups -OCH3 is 1. The average molecular weight is 420 g/mol. The molecule has 0 radical (unpaired) electrons. The van der Waals surface area contributed by atoms with Crippen LogP contribution in [0.1, 0.15) is 29.4 Å². The second kappa shape index (κ2) is 8.90. The molecule has 1 heterocycles. The van der Waals surface area contributed by atoms with Crippen LogP contribution in [0.25, 0.3) is 16.6 Å². The third kappa shape index (κ3) is 5.02. The van der Waals surface area contributed by atoms with Gasteiger partial charge >= 0.3 is 0 Å². The van der Waals surface area contributed by atoms with Crippen LogP contribution in [0, 0.1) is 11.8 Å². The number of carbonyl (C=O) groups is 2. The number of nitrogens with zero attached hydrogens (tertiary/aromatic N) is 3. The molecule has 3 N–H and O–H groups in total. The lowest BCUT2D eigenvalue weighted by molar-refractivity contribution is -0.117. The van der Waals surface area contributed by atoms with Crippen LogP contribution in [0.4, 0.5) is 0 Å². The van der Waals surface area contributed by atoms with Gasteiger partial charge in [0.1, 0.15) is 11.4 Å². The number of fused-ring (bicyclic) bond motifs is 1. The predicted molar refractivity (Wildman–Crippen MR) is 117 cm³/mol. The summed E-state index contributed by atoms with van der Waals surface area (Å²) in [7, 11) is 3.20. The Morgan fingerprint density at radius 2 is 2.13 bits per heavy atom. The van der Waals surface area contributed by atoms with Crippen molar-refractivity contribution in [2.24, 2.45) is 5.73 Å². The Hall–Kier alpha value is -3.83. The number of ether oxygens (including phenoxy) is 1. The zero-order valence-corrected chi connectivity index (χ0v) is 17.6. The standard InChI is InChI=1S/C23H24N4O4/c1-23(30,11-12-26(2)15-28)10-9-16-5-4-6-17(13-16)27-20-14-18(31-3)7-8-19(20)21(25-27)22(24)29/h4-8,13-15,30H,11-12H2,1-3H3,(H2,24,29)/t23-/m0/s1. The molecule has 0 aliphatic heterocycles. The second-order valence-corrected chi connectivity index (χ2v) is 7.42. The first-order valence-electron chi connectivity index (χ1n) is 9.62. The van der Waals surface area contributed by atoms with E-state index in [1.54, 1.807) is 50.0 Å². The average Bonchev–Trinajstić information content (AvgIpc) is 3.15. The van der Waals surface area contributed by atoms with Crippen LogP contribution in [-0.4, -0.2) is 58.4 Å². The first kappa shape index (κ1) is 21.9. The number of carbonyl (C=O) groups excluding carboxylic acids is 2. The number of nitrogens with two attached hydrogens (primary N) is 1. The fraction of sp³-hybridized carbons (Fsp3) is 0.261. The van der Waals surface area contributed by atoms with Gasteiger partial charge in [-0.2, -0.15) is 5.10 Å². The molecule has 0 saturated heterocycles. The maximum Gasteiger partial charge on any atom is 0.269 e. The number of rotatable bonds is 7. The second-order valence-electron chi connectivity index (χ2n) is 7.42. The van der Waals surface area contributed by atoms with Gasteiger partial charge in [0, 0.05) is 37.0 Å². The Morgan fingerprint density at radius 3 is 2.81 bits per heavy atom. The summed E-state index contributed by atoms with van der Waals surface area (Å²) < 4.78 is 6.91. The van der Waals surface area contributed by atoms with Gasteiger partial charge in [-0.05, 0) is 37.3 Å². The molecule has 3 rings (SSSR count). The van der Waals surface area contributed by atoms with E-state index < -0.39 is 11.5 Å². The molecule has 31 heavy (non-hydrogen) atoms. The summed E-state index contributed by atoms with van der Waals surface area (Å²) >= 11 is 0. The van der Waals surface area contributed by atoms with Gasteiger partial charge in [-0.25, -0.2) is 4.68 Å². The number of benzene rings is 2. The van der Waals surface area contributed by atoms with E-state index in [0.29, 0.717) is 47.3 Å². The SMILES string of the molecule is COc1ccc2c(C(N)=O)nn(-c3cccc(C#C[C@](C)(O)CCN(C)C=O)c3)c2c1. The van der Waals surface area contributed by atoms with E-state index in [-0.39, 0.29) is 5.69 Å². The number of hydrogen-bond acceptors (Lipinski definition) is 5. The molecule has 0 unspecified atom stereocenters. The molecule has 0 saturated carbocycles. The molecule has 0 aliphatic carbocycles. The minimum Gasteiger partial charge on any atom is -0.497 e. The fourth-order valence-electron chi connectivity index (χ4n) is 3.03. The minimum absolute atomic E-state index is 0.163. The van der Waals surface area contributed by atoms with Crippen molar-refractivity contribution in [2.45, 2.75) is 18.9 Å². The van der Waals surface area contributed by atoms with E-state index >= 15 is 0 Å². The summed E-state index contributed by atoms with van der Waals surface area (Å²) in [4.78, 5) is 24.0. The maximum atomic E-state index is 11.9. The summed E-state index contributed by atoms with van der Waals surface area (Å²) in [5, 5.41) is 15.5. The third-order valence-corrected chi connectivity index (χ3v) is 4.82. The smallest absolute Gasteiger partial charge is 0.269 e. The number of aliphatic hydroxyl groups is 1. The van der Waals surface area contributed by atoms with Crippen LogP contribution in [0.3, 0.4) is 0 Å². The molecule has 2 aromatic carbocycles. The van der Waals surface area contributed by atoms with Gasteiger partial charge in [0.15, 0.2) is 5.69 Å². The van der Waals surface area contributed by atoms with Crippen LogP contribution in [0.2, 0.25) is 0 Å². The highest BCUT2D eigenvalue weighted by Crippen LogP contribution is 2.26. The van der Waals surface area contributed by atoms with Gasteiger partial charge in [0.05, 0.1) is 18.3 Å². The summed E-state index contributed by atoms with van der Waals surface area (Å²) in [6.07, 6.45) is 1.03. The first-order chi connectivity index (χ1) is 14.7. The van der Waals surface area contributed by atoms with Gasteiger partial charge in [0.2, 0.25) is 6.41 Å². The van der Waals surface area contributed by atoms with Crippen molar-refractivity contribution in [3.8, 4) is 23.3 Å². The number of hydrogen-bond donors (Lipinski definition) is 2. The van der Waals surface area contributed by atoms with Crippen molar-refractivity contribution in [3.05, 3.63) is 53.7 Å². The van der Waals surface area contributed by atoms with Crippen molar-refractivity contribution >= 4 is 23.2 Å². The minimum atomic E-state index is -1.25. The Bertz CT molecular complexity index is 1190. The molecule has 1 atom stereocenters. The van der Waals surface area contributed by atoms with Crippen LogP contribution in [0.15, 0.2) is 42.5 Å². The lowest BCUT2D eigenvalue weighted by Gasteiger charge is -2.19. The zero-order chi connectivity index (χ0) is 22.6. The molecule has 8 heteroatoms. The van der Waals surface area contributed by atoms with E-state index in [9.17, 15) is 14.7 Å². The molecule has 0 bridgehead atoms. The van der Waals surface area contributed by atoms with Crippen LogP contribution in [-0.2, 0) is 4.79 Å². The molecule has 160 valence electrons. The Kier molecular flexibility index (Phi) is 6.28. The van der Waals surface area contributed by atoms with Gasteiger partial charge in [-0.3, -0.25) is 9.59 Å². The van der Waals surface area contributed by atoms with Crippen LogP contribution >= 0.6 is 0 Å². The van der Waals surface area contributed by atoms with E-state index in [1.165, 1.54) is 4.90 Å². The van der Waals surface area contributed by atoms with Crippen molar-refractivity contribution in [3.63, 3.8) is 0 Å². The van der Waals surface area contributed by atoms with Gasteiger partial charge in [-0.15, -0.1) is 0 Å². The van der Waals surface area contributed by atoms with Crippen LogP contribution < -0.4 is 10.5 Å². The Labute approximate surface area is 180 Å². The number of amides is 2. The van der Waals surface area contributed by atoms with Crippen molar-refractivity contribution in [1.82, 2.24) is 14.7 Å². The molecular weight excluding hydrogens is 396 g/mol. The highest BCUT2D eigenvalue weighted by molar-refractivity contribution is 6.04. The third-order valence-electron chi connectivity index (χ3n) is 4.82. The van der Waals surface area contributed by atoms with E-state index in [4.69, 9.17) is 10.5 Å². The molecule has 8 nitrogen and oxygen atoms in total. The van der Waals surface area contributed by atoms with Gasteiger partial charge < -0.3 is 20.5 Å². The topological polar surface area (TPSA) is 111 Å². The van der Waals surface area contributed by atoms with E-state index in [1.807, 2.05) is 18.2 Å². The zero-order valence-electron chi connectivity index (χ0n) is 17.6.